The molecule has 3 aromatic rings. The van der Waals surface area contributed by atoms with Gasteiger partial charge in [0, 0.05) is 19.0 Å². The van der Waals surface area contributed by atoms with Crippen molar-refractivity contribution in [3.63, 3.8) is 0 Å². The van der Waals surface area contributed by atoms with Gasteiger partial charge in [-0.3, -0.25) is 4.79 Å². The highest BCUT2D eigenvalue weighted by atomic mass is 32.2. The van der Waals surface area contributed by atoms with Crippen molar-refractivity contribution >= 4 is 26.7 Å². The van der Waals surface area contributed by atoms with Crippen LogP contribution in [0.1, 0.15) is 36.9 Å². The molecule has 3 aromatic carbocycles. The van der Waals surface area contributed by atoms with Crippen LogP contribution in [-0.4, -0.2) is 31.7 Å². The summed E-state index contributed by atoms with van der Waals surface area (Å²) in [7, 11) is -3.77. The van der Waals surface area contributed by atoms with Gasteiger partial charge in [-0.05, 0) is 48.2 Å². The van der Waals surface area contributed by atoms with E-state index in [-0.39, 0.29) is 41.4 Å². The summed E-state index contributed by atoms with van der Waals surface area (Å²) in [5, 5.41) is 14.6. The molecule has 0 radical (unpaired) electrons. The average molecular weight is 448 g/mol. The van der Waals surface area contributed by atoms with Crippen LogP contribution >= 0.6 is 0 Å². The van der Waals surface area contributed by atoms with Gasteiger partial charge in [-0.2, -0.15) is 9.57 Å². The minimum atomic E-state index is -3.77. The van der Waals surface area contributed by atoms with E-state index in [1.54, 1.807) is 12.1 Å². The van der Waals surface area contributed by atoms with E-state index in [9.17, 15) is 18.5 Å². The second-order valence-corrected chi connectivity index (χ2v) is 9.99. The monoisotopic (exact) mass is 447 g/mol. The molecule has 1 aliphatic heterocycles. The summed E-state index contributed by atoms with van der Waals surface area (Å²) in [6.45, 7) is 2.48. The predicted octanol–water partition coefficient (Wildman–Crippen LogP) is 3.99. The first-order chi connectivity index (χ1) is 15.4. The lowest BCUT2D eigenvalue weighted by atomic mass is 9.95. The molecule has 0 bridgehead atoms. The van der Waals surface area contributed by atoms with Gasteiger partial charge in [-0.25, -0.2) is 8.42 Å². The zero-order chi connectivity index (χ0) is 22.7. The van der Waals surface area contributed by atoms with Crippen LogP contribution in [0.3, 0.4) is 0 Å². The lowest BCUT2D eigenvalue weighted by Gasteiger charge is -2.31. The Labute approximate surface area is 188 Å². The molecule has 0 unspecified atom stereocenters. The molecule has 7 heteroatoms. The van der Waals surface area contributed by atoms with Gasteiger partial charge in [0.05, 0.1) is 16.5 Å². The normalized spacial score (nSPS) is 16.4. The van der Waals surface area contributed by atoms with E-state index in [0.29, 0.717) is 12.8 Å². The van der Waals surface area contributed by atoms with E-state index in [4.69, 9.17) is 0 Å². The van der Waals surface area contributed by atoms with Crippen molar-refractivity contribution in [3.05, 3.63) is 77.9 Å². The quantitative estimate of drug-likeness (QED) is 0.640. The van der Waals surface area contributed by atoms with Gasteiger partial charge < -0.3 is 5.32 Å². The van der Waals surface area contributed by atoms with Crippen LogP contribution in [-0.2, 0) is 14.8 Å². The van der Waals surface area contributed by atoms with Gasteiger partial charge in [0.1, 0.15) is 6.07 Å². The summed E-state index contributed by atoms with van der Waals surface area (Å²) in [6.07, 6.45) is 0.893. The van der Waals surface area contributed by atoms with Crippen molar-refractivity contribution in [2.75, 3.05) is 13.1 Å². The summed E-state index contributed by atoms with van der Waals surface area (Å²) in [5.41, 5.74) is 1.20. The van der Waals surface area contributed by atoms with Gasteiger partial charge in [-0.1, -0.05) is 54.6 Å². The molecule has 1 aliphatic rings. The van der Waals surface area contributed by atoms with Crippen LogP contribution in [0.25, 0.3) is 10.8 Å². The number of nitriles is 1. The van der Waals surface area contributed by atoms with Gasteiger partial charge >= 0.3 is 0 Å². The SMILES string of the molecule is C[C@@H](NC(=O)C1CCN(S(=O)(=O)c2ccccc2C#N)CC1)c1cccc2ccccc12. The third-order valence-electron chi connectivity index (χ3n) is 6.10. The van der Waals surface area contributed by atoms with Crippen molar-refractivity contribution in [2.45, 2.75) is 30.7 Å². The summed E-state index contributed by atoms with van der Waals surface area (Å²) in [4.78, 5) is 12.9. The standard InChI is InChI=1S/C25H25N3O3S/c1-18(22-11-6-9-19-7-2-4-10-23(19)22)27-25(29)20-13-15-28(16-14-20)32(30,31)24-12-5-3-8-21(24)17-26/h2-12,18,20H,13-16H2,1H3,(H,27,29)/t18-/m1/s1. The maximum Gasteiger partial charge on any atom is 0.244 e. The Kier molecular flexibility index (Phi) is 6.26. The molecule has 0 saturated carbocycles. The Morgan fingerprint density at radius 2 is 1.69 bits per heavy atom. The van der Waals surface area contributed by atoms with Crippen LogP contribution in [0.15, 0.2) is 71.6 Å². The summed E-state index contributed by atoms with van der Waals surface area (Å²) < 4.78 is 27.4. The smallest absolute Gasteiger partial charge is 0.244 e. The molecule has 4 rings (SSSR count). The van der Waals surface area contributed by atoms with Gasteiger partial charge in [0.2, 0.25) is 15.9 Å². The zero-order valence-electron chi connectivity index (χ0n) is 17.9. The lowest BCUT2D eigenvalue weighted by molar-refractivity contribution is -0.126. The molecule has 1 N–H and O–H groups in total. The van der Waals surface area contributed by atoms with E-state index in [2.05, 4.69) is 11.4 Å². The fraction of sp³-hybridized carbons (Fsp3) is 0.280. The maximum atomic E-state index is 13.0. The van der Waals surface area contributed by atoms with Gasteiger partial charge in [-0.15, -0.1) is 0 Å². The second kappa shape index (κ2) is 9.11. The fourth-order valence-corrected chi connectivity index (χ4v) is 5.93. The Hall–Kier alpha value is -3.21. The van der Waals surface area contributed by atoms with Crippen LogP contribution in [0.4, 0.5) is 0 Å². The van der Waals surface area contributed by atoms with Crippen molar-refractivity contribution in [1.29, 1.82) is 5.26 Å². The molecule has 1 fully saturated rings. The molecule has 32 heavy (non-hydrogen) atoms. The van der Waals surface area contributed by atoms with Crippen molar-refractivity contribution in [2.24, 2.45) is 5.92 Å². The number of hydrogen-bond donors (Lipinski definition) is 1. The van der Waals surface area contributed by atoms with Crippen LogP contribution in [0.2, 0.25) is 0 Å². The largest absolute Gasteiger partial charge is 0.349 e. The van der Waals surface area contributed by atoms with Crippen LogP contribution < -0.4 is 5.32 Å². The summed E-state index contributed by atoms with van der Waals surface area (Å²) in [5.74, 6) is -0.301. The van der Waals surface area contributed by atoms with Gasteiger partial charge in [0.15, 0.2) is 0 Å². The third-order valence-corrected chi connectivity index (χ3v) is 8.06. The van der Waals surface area contributed by atoms with Crippen molar-refractivity contribution in [3.8, 4) is 6.07 Å². The molecule has 0 aromatic heterocycles. The first-order valence-corrected chi connectivity index (χ1v) is 12.1. The highest BCUT2D eigenvalue weighted by Crippen LogP contribution is 2.28. The first kappa shape index (κ1) is 22.0. The number of benzene rings is 3. The first-order valence-electron chi connectivity index (χ1n) is 10.7. The van der Waals surface area contributed by atoms with E-state index in [1.807, 2.05) is 49.4 Å². The van der Waals surface area contributed by atoms with E-state index < -0.39 is 10.0 Å². The third kappa shape index (κ3) is 4.24. The number of hydrogen-bond acceptors (Lipinski definition) is 4. The summed E-state index contributed by atoms with van der Waals surface area (Å²) in [6, 6.07) is 22.2. The van der Waals surface area contributed by atoms with E-state index >= 15 is 0 Å². The predicted molar refractivity (Wildman–Crippen MR) is 123 cm³/mol. The Bertz CT molecular complexity index is 1280. The molecule has 1 heterocycles. The highest BCUT2D eigenvalue weighted by molar-refractivity contribution is 7.89. The Morgan fingerprint density at radius 3 is 2.44 bits per heavy atom. The van der Waals surface area contributed by atoms with Crippen molar-refractivity contribution in [1.82, 2.24) is 9.62 Å². The minimum Gasteiger partial charge on any atom is -0.349 e. The number of fused-ring (bicyclic) bond motifs is 1. The molecule has 1 atom stereocenters. The molecule has 1 amide bonds. The van der Waals surface area contributed by atoms with Crippen molar-refractivity contribution < 1.29 is 13.2 Å². The fourth-order valence-electron chi connectivity index (χ4n) is 4.32. The molecule has 6 nitrogen and oxygen atoms in total. The average Bonchev–Trinajstić information content (AvgIpc) is 2.83. The topological polar surface area (TPSA) is 90.3 Å². The van der Waals surface area contributed by atoms with Gasteiger partial charge in [0.25, 0.3) is 0 Å². The molecule has 1 saturated heterocycles. The Morgan fingerprint density at radius 1 is 1.03 bits per heavy atom. The van der Waals surface area contributed by atoms with E-state index in [1.165, 1.54) is 16.4 Å². The summed E-state index contributed by atoms with van der Waals surface area (Å²) >= 11 is 0. The second-order valence-electron chi connectivity index (χ2n) is 8.08. The number of nitrogens with one attached hydrogen (secondary N) is 1. The number of piperidine rings is 1. The lowest BCUT2D eigenvalue weighted by Crippen LogP contribution is -2.43. The van der Waals surface area contributed by atoms with Crippen LogP contribution in [0.5, 0.6) is 0 Å². The maximum absolute atomic E-state index is 13.0. The molecule has 164 valence electrons. The van der Waals surface area contributed by atoms with Crippen LogP contribution in [0, 0.1) is 17.2 Å². The Balaban J connectivity index is 1.42. The highest BCUT2D eigenvalue weighted by Gasteiger charge is 2.33. The number of carbonyl (C=O) groups is 1. The number of amides is 1. The molecule has 0 spiro atoms. The number of rotatable bonds is 5. The number of carbonyl (C=O) groups excluding carboxylic acids is 1. The zero-order valence-corrected chi connectivity index (χ0v) is 18.7. The minimum absolute atomic E-state index is 0.0231. The number of nitrogens with zero attached hydrogens (tertiary/aromatic N) is 2. The molecular weight excluding hydrogens is 422 g/mol. The molecule has 0 aliphatic carbocycles. The van der Waals surface area contributed by atoms with E-state index in [0.717, 1.165) is 16.3 Å². The molecular formula is C25H25N3O3S. The number of sulfonamides is 1.